The minimum atomic E-state index is -2.14. The van der Waals surface area contributed by atoms with Crippen molar-refractivity contribution in [3.8, 4) is 11.5 Å². The number of carbonyl (C=O) groups is 1. The molecule has 7 rings (SSSR count). The standard InChI is InChI=1S/C32H28F4N2O3/c1-3-15-13-19-21(22-23(32(39)40)25(34)27(36)26(35)24(22)33)20-14-16-7-4-11-38-12-6-9-18(29(16)38)31(20)41-30(19)17-8-5-10-37(2)28(15)17/h13-14H,3-12H2,1-2H3/p+1. The SMILES string of the molecule is CCc1cc2c(c3c1=[N+](C)CCC3)Oc1c(cc3c4c1CCCN4CCC3)C=2c1c(F)c(F)c(F)c(F)c1C(=O)O. The Kier molecular flexibility index (Phi) is 5.92. The van der Waals surface area contributed by atoms with Crippen LogP contribution in [0.2, 0.25) is 0 Å². The van der Waals surface area contributed by atoms with Gasteiger partial charge in [-0.15, -0.1) is 0 Å². The van der Waals surface area contributed by atoms with Crippen LogP contribution in [-0.4, -0.2) is 37.8 Å². The van der Waals surface area contributed by atoms with Gasteiger partial charge in [0.1, 0.15) is 30.7 Å². The molecule has 3 aromatic rings. The number of aromatic carboxylic acids is 1. The van der Waals surface area contributed by atoms with E-state index in [1.807, 2.05) is 26.1 Å². The van der Waals surface area contributed by atoms with Crippen molar-refractivity contribution in [2.75, 3.05) is 31.6 Å². The van der Waals surface area contributed by atoms with E-state index in [2.05, 4.69) is 9.48 Å². The van der Waals surface area contributed by atoms with E-state index in [4.69, 9.17) is 4.74 Å². The molecule has 5 nitrogen and oxygen atoms in total. The molecule has 4 aliphatic rings. The molecule has 0 radical (unpaired) electrons. The number of hydrogen-bond donors (Lipinski definition) is 1. The summed E-state index contributed by atoms with van der Waals surface area (Å²) >= 11 is 0. The first-order valence-corrected chi connectivity index (χ1v) is 14.2. The summed E-state index contributed by atoms with van der Waals surface area (Å²) in [6, 6.07) is 3.67. The number of ether oxygens (including phenoxy) is 1. The first-order valence-electron chi connectivity index (χ1n) is 14.2. The molecular weight excluding hydrogens is 536 g/mol. The van der Waals surface area contributed by atoms with Gasteiger partial charge in [0.05, 0.1) is 5.56 Å². The summed E-state index contributed by atoms with van der Waals surface area (Å²) in [4.78, 5) is 14.7. The fraction of sp³-hybridized carbons (Fsp3) is 0.375. The molecule has 0 bridgehead atoms. The lowest BCUT2D eigenvalue weighted by atomic mass is 9.81. The number of carboxylic acid groups (broad SMARTS) is 1. The molecule has 0 spiro atoms. The second-order valence-electron chi connectivity index (χ2n) is 11.3. The van der Waals surface area contributed by atoms with Gasteiger partial charge >= 0.3 is 5.97 Å². The van der Waals surface area contributed by atoms with Crippen molar-refractivity contribution in [1.29, 1.82) is 0 Å². The van der Waals surface area contributed by atoms with E-state index in [1.165, 1.54) is 0 Å². The normalized spacial score (nSPS) is 17.0. The molecule has 0 amide bonds. The van der Waals surface area contributed by atoms with E-state index in [0.717, 1.165) is 78.6 Å². The lowest BCUT2D eigenvalue weighted by Gasteiger charge is -2.39. The predicted octanol–water partition coefficient (Wildman–Crippen LogP) is 4.62. The van der Waals surface area contributed by atoms with Crippen molar-refractivity contribution >= 4 is 17.2 Å². The molecule has 0 fully saturated rings. The average Bonchev–Trinajstić information content (AvgIpc) is 2.97. The number of anilines is 1. The van der Waals surface area contributed by atoms with Gasteiger partial charge in [-0.1, -0.05) is 6.92 Å². The number of hydrogen-bond acceptors (Lipinski definition) is 3. The molecule has 1 N–H and O–H groups in total. The second kappa shape index (κ2) is 9.33. The summed E-state index contributed by atoms with van der Waals surface area (Å²) in [6.45, 7) is 4.62. The molecular formula is C32H29F4N2O3+. The van der Waals surface area contributed by atoms with Gasteiger partial charge in [0.15, 0.2) is 23.3 Å². The molecule has 41 heavy (non-hydrogen) atoms. The smallest absolute Gasteiger partial charge is 0.339 e. The summed E-state index contributed by atoms with van der Waals surface area (Å²) < 4.78 is 69.3. The third-order valence-corrected chi connectivity index (χ3v) is 9.06. The van der Waals surface area contributed by atoms with Gasteiger partial charge in [-0.05, 0) is 56.2 Å². The summed E-state index contributed by atoms with van der Waals surface area (Å²) in [5.74, 6) is -8.81. The average molecular weight is 566 g/mol. The Bertz CT molecular complexity index is 1830. The number of benzene rings is 3. The van der Waals surface area contributed by atoms with Crippen LogP contribution in [-0.2, 0) is 25.7 Å². The maximum atomic E-state index is 15.9. The molecule has 0 atom stereocenters. The molecule has 0 unspecified atom stereocenters. The van der Waals surface area contributed by atoms with Crippen LogP contribution in [0, 0.1) is 23.3 Å². The van der Waals surface area contributed by atoms with Crippen molar-refractivity contribution < 1.29 is 32.2 Å². The number of carboxylic acids is 1. The predicted molar refractivity (Wildman–Crippen MR) is 146 cm³/mol. The number of rotatable bonds is 3. The minimum absolute atomic E-state index is 0.0291. The Hall–Kier alpha value is -3.88. The van der Waals surface area contributed by atoms with Gasteiger partial charge in [-0.2, -0.15) is 0 Å². The van der Waals surface area contributed by atoms with E-state index < -0.39 is 40.4 Å². The third kappa shape index (κ3) is 3.60. The van der Waals surface area contributed by atoms with Crippen LogP contribution in [0.25, 0.3) is 5.57 Å². The van der Waals surface area contributed by atoms with Crippen LogP contribution < -0.4 is 24.8 Å². The number of fused-ring (bicyclic) bond motifs is 5. The van der Waals surface area contributed by atoms with Gasteiger partial charge in [0, 0.05) is 58.2 Å². The molecule has 4 heterocycles. The van der Waals surface area contributed by atoms with Crippen molar-refractivity contribution in [2.24, 2.45) is 0 Å². The van der Waals surface area contributed by atoms with Crippen LogP contribution in [0.15, 0.2) is 12.1 Å². The van der Waals surface area contributed by atoms with E-state index >= 15 is 8.78 Å². The van der Waals surface area contributed by atoms with Crippen molar-refractivity contribution in [3.63, 3.8) is 0 Å². The van der Waals surface area contributed by atoms with Crippen LogP contribution in [0.1, 0.15) is 69.9 Å². The Labute approximate surface area is 234 Å². The Morgan fingerprint density at radius 2 is 1.66 bits per heavy atom. The fourth-order valence-corrected chi connectivity index (χ4v) is 7.37. The van der Waals surface area contributed by atoms with E-state index in [-0.39, 0.29) is 5.57 Å². The van der Waals surface area contributed by atoms with Crippen molar-refractivity contribution in [2.45, 2.75) is 51.9 Å². The fourth-order valence-electron chi connectivity index (χ4n) is 7.37. The topological polar surface area (TPSA) is 52.8 Å². The molecule has 0 aromatic heterocycles. The Morgan fingerprint density at radius 3 is 2.39 bits per heavy atom. The molecule has 0 saturated carbocycles. The van der Waals surface area contributed by atoms with Gasteiger partial charge in [0.25, 0.3) is 0 Å². The monoisotopic (exact) mass is 565 g/mol. The Balaban J connectivity index is 1.72. The Morgan fingerprint density at radius 1 is 0.951 bits per heavy atom. The molecule has 9 heteroatoms. The highest BCUT2D eigenvalue weighted by Gasteiger charge is 2.38. The van der Waals surface area contributed by atoms with Crippen molar-refractivity contribution in [1.82, 2.24) is 4.58 Å². The third-order valence-electron chi connectivity index (χ3n) is 9.06. The number of halogens is 4. The molecule has 4 aliphatic heterocycles. The quantitative estimate of drug-likeness (QED) is 0.171. The van der Waals surface area contributed by atoms with E-state index in [0.29, 0.717) is 41.5 Å². The molecule has 212 valence electrons. The van der Waals surface area contributed by atoms with Crippen LogP contribution in [0.5, 0.6) is 11.5 Å². The second-order valence-corrected chi connectivity index (χ2v) is 11.3. The van der Waals surface area contributed by atoms with Crippen LogP contribution in [0.3, 0.4) is 0 Å². The summed E-state index contributed by atoms with van der Waals surface area (Å²) in [6.07, 6.45) is 5.36. The number of aryl methyl sites for hydroxylation is 2. The first kappa shape index (κ1) is 26.0. The zero-order valence-corrected chi connectivity index (χ0v) is 22.9. The highest BCUT2D eigenvalue weighted by molar-refractivity contribution is 5.99. The summed E-state index contributed by atoms with van der Waals surface area (Å²) in [5.41, 5.74) is 3.24. The lowest BCUT2D eigenvalue weighted by Crippen LogP contribution is -2.40. The zero-order valence-electron chi connectivity index (χ0n) is 22.9. The van der Waals surface area contributed by atoms with Crippen molar-refractivity contribution in [3.05, 3.63) is 84.9 Å². The van der Waals surface area contributed by atoms with Crippen LogP contribution in [0.4, 0.5) is 23.2 Å². The van der Waals surface area contributed by atoms with E-state index in [1.54, 1.807) is 0 Å². The maximum absolute atomic E-state index is 15.9. The van der Waals surface area contributed by atoms with Gasteiger partial charge in [-0.3, -0.25) is 0 Å². The molecule has 0 aliphatic carbocycles. The van der Waals surface area contributed by atoms with Gasteiger partial charge in [-0.25, -0.2) is 26.9 Å². The summed E-state index contributed by atoms with van der Waals surface area (Å²) in [5, 5.41) is 11.4. The summed E-state index contributed by atoms with van der Waals surface area (Å²) in [7, 11) is 2.00. The van der Waals surface area contributed by atoms with Gasteiger partial charge < -0.3 is 14.7 Å². The molecule has 3 aromatic carbocycles. The van der Waals surface area contributed by atoms with E-state index in [9.17, 15) is 18.7 Å². The zero-order chi connectivity index (χ0) is 28.7. The maximum Gasteiger partial charge on any atom is 0.339 e. The van der Waals surface area contributed by atoms with Gasteiger partial charge in [0.2, 0.25) is 5.36 Å². The lowest BCUT2D eigenvalue weighted by molar-refractivity contribution is 0.0689. The highest BCUT2D eigenvalue weighted by Crippen LogP contribution is 2.49. The minimum Gasteiger partial charge on any atom is -0.478 e. The van der Waals surface area contributed by atoms with Crippen LogP contribution >= 0.6 is 0 Å². The largest absolute Gasteiger partial charge is 0.478 e. The first-order chi connectivity index (χ1) is 19.7. The number of nitrogens with zero attached hydrogens (tertiary/aromatic N) is 2. The molecule has 0 saturated heterocycles. The highest BCUT2D eigenvalue weighted by atomic mass is 19.2.